The van der Waals surface area contributed by atoms with Crippen molar-refractivity contribution in [1.82, 2.24) is 4.73 Å². The van der Waals surface area contributed by atoms with Gasteiger partial charge in [0.25, 0.3) is 5.56 Å². The summed E-state index contributed by atoms with van der Waals surface area (Å²) in [5.41, 5.74) is -0.228. The van der Waals surface area contributed by atoms with Crippen LogP contribution in [0.25, 0.3) is 11.1 Å². The van der Waals surface area contributed by atoms with Crippen molar-refractivity contribution in [1.29, 1.82) is 0 Å². The highest BCUT2D eigenvalue weighted by Crippen LogP contribution is 2.18. The number of nitrogens with zero attached hydrogens (tertiary/aromatic N) is 1. The lowest BCUT2D eigenvalue weighted by molar-refractivity contribution is 0.0688. The predicted molar refractivity (Wildman–Crippen MR) is 60.3 cm³/mol. The minimum Gasteiger partial charge on any atom is -0.477 e. The van der Waals surface area contributed by atoms with Crippen LogP contribution in [-0.4, -0.2) is 21.0 Å². The van der Waals surface area contributed by atoms with E-state index in [-0.39, 0.29) is 4.73 Å². The molecule has 5 heteroatoms. The van der Waals surface area contributed by atoms with E-state index in [4.69, 9.17) is 5.11 Å². The average Bonchev–Trinajstić information content (AvgIpc) is 2.33. The van der Waals surface area contributed by atoms with Crippen molar-refractivity contribution in [2.45, 2.75) is 0 Å². The maximum atomic E-state index is 11.3. The molecule has 0 atom stereocenters. The van der Waals surface area contributed by atoms with Crippen LogP contribution in [0, 0.1) is 0 Å². The number of hydrogen-bond donors (Lipinski definition) is 2. The number of aromatic nitrogens is 1. The third kappa shape index (κ3) is 2.03. The Bertz CT molecular complexity index is 616. The molecule has 0 bridgehead atoms. The third-order valence-corrected chi connectivity index (χ3v) is 2.34. The molecule has 0 aliphatic carbocycles. The second kappa shape index (κ2) is 4.13. The van der Waals surface area contributed by atoms with E-state index in [0.717, 1.165) is 5.56 Å². The zero-order chi connectivity index (χ0) is 12.4. The van der Waals surface area contributed by atoms with Gasteiger partial charge in [0.1, 0.15) is 5.56 Å². The Morgan fingerprint density at radius 3 is 2.35 bits per heavy atom. The molecule has 0 fully saturated rings. The summed E-state index contributed by atoms with van der Waals surface area (Å²) in [6.45, 7) is 0. The van der Waals surface area contributed by atoms with Gasteiger partial charge in [0.05, 0.1) is 6.20 Å². The van der Waals surface area contributed by atoms with Gasteiger partial charge in [0, 0.05) is 5.56 Å². The smallest absolute Gasteiger partial charge is 0.341 e. The molecule has 0 saturated heterocycles. The summed E-state index contributed by atoms with van der Waals surface area (Å²) in [5, 5.41) is 18.2. The first-order chi connectivity index (χ1) is 8.09. The van der Waals surface area contributed by atoms with E-state index in [1.165, 1.54) is 12.3 Å². The monoisotopic (exact) mass is 231 g/mol. The molecule has 5 nitrogen and oxygen atoms in total. The molecule has 2 aromatic rings. The highest BCUT2D eigenvalue weighted by Gasteiger charge is 2.13. The molecule has 1 aromatic carbocycles. The van der Waals surface area contributed by atoms with Gasteiger partial charge >= 0.3 is 5.97 Å². The Balaban J connectivity index is 2.66. The summed E-state index contributed by atoms with van der Waals surface area (Å²) in [6, 6.07) is 10.1. The quantitative estimate of drug-likeness (QED) is 0.766. The summed E-state index contributed by atoms with van der Waals surface area (Å²) in [6.07, 6.45) is 1.18. The fourth-order valence-corrected chi connectivity index (χ4v) is 1.51. The van der Waals surface area contributed by atoms with E-state index in [9.17, 15) is 14.8 Å². The normalized spacial score (nSPS) is 10.1. The van der Waals surface area contributed by atoms with Crippen LogP contribution < -0.4 is 5.56 Å². The van der Waals surface area contributed by atoms with Crippen LogP contribution in [0.2, 0.25) is 0 Å². The Labute approximate surface area is 96.1 Å². The van der Waals surface area contributed by atoms with Crippen molar-refractivity contribution in [3.63, 3.8) is 0 Å². The molecule has 0 unspecified atom stereocenters. The standard InChI is InChI=1S/C12H9NO4/c14-11-10(12(15)16)6-9(7-13(11)17)8-4-2-1-3-5-8/h1-7,17H,(H,15,16). The molecular weight excluding hydrogens is 222 g/mol. The van der Waals surface area contributed by atoms with Gasteiger partial charge in [-0.25, -0.2) is 4.79 Å². The van der Waals surface area contributed by atoms with Crippen molar-refractivity contribution in [3.05, 3.63) is 58.5 Å². The predicted octanol–water partition coefficient (Wildman–Crippen LogP) is 1.45. The van der Waals surface area contributed by atoms with E-state index in [1.807, 2.05) is 6.07 Å². The van der Waals surface area contributed by atoms with E-state index in [1.54, 1.807) is 24.3 Å². The van der Waals surface area contributed by atoms with Crippen LogP contribution in [0.5, 0.6) is 0 Å². The van der Waals surface area contributed by atoms with Gasteiger partial charge in [-0.3, -0.25) is 4.79 Å². The van der Waals surface area contributed by atoms with Crippen LogP contribution in [0.3, 0.4) is 0 Å². The van der Waals surface area contributed by atoms with Crippen molar-refractivity contribution >= 4 is 5.97 Å². The first-order valence-corrected chi connectivity index (χ1v) is 4.84. The van der Waals surface area contributed by atoms with E-state index in [2.05, 4.69) is 0 Å². The highest BCUT2D eigenvalue weighted by molar-refractivity contribution is 5.88. The SMILES string of the molecule is O=C(O)c1cc(-c2ccccc2)cn(O)c1=O. The lowest BCUT2D eigenvalue weighted by atomic mass is 10.1. The summed E-state index contributed by atoms with van der Waals surface area (Å²) >= 11 is 0. The summed E-state index contributed by atoms with van der Waals surface area (Å²) in [7, 11) is 0. The Kier molecular flexibility index (Phi) is 2.66. The van der Waals surface area contributed by atoms with E-state index >= 15 is 0 Å². The third-order valence-electron chi connectivity index (χ3n) is 2.34. The first kappa shape index (κ1) is 10.9. The number of pyridine rings is 1. The van der Waals surface area contributed by atoms with Crippen LogP contribution in [-0.2, 0) is 0 Å². The minimum absolute atomic E-state index is 0.284. The molecule has 2 N–H and O–H groups in total. The Morgan fingerprint density at radius 1 is 1.12 bits per heavy atom. The zero-order valence-corrected chi connectivity index (χ0v) is 8.70. The number of carboxylic acids is 1. The molecular formula is C12H9NO4. The number of hydrogen-bond acceptors (Lipinski definition) is 3. The lowest BCUT2D eigenvalue weighted by Crippen LogP contribution is -2.24. The zero-order valence-electron chi connectivity index (χ0n) is 8.70. The van der Waals surface area contributed by atoms with E-state index in [0.29, 0.717) is 5.56 Å². The molecule has 0 radical (unpaired) electrons. The number of carbonyl (C=O) groups is 1. The topological polar surface area (TPSA) is 79.5 Å². The van der Waals surface area contributed by atoms with Crippen molar-refractivity contribution in [3.8, 4) is 11.1 Å². The van der Waals surface area contributed by atoms with Gasteiger partial charge in [-0.15, -0.1) is 0 Å². The molecule has 1 heterocycles. The van der Waals surface area contributed by atoms with Crippen LogP contribution in [0.15, 0.2) is 47.4 Å². The second-order valence-corrected chi connectivity index (χ2v) is 3.46. The second-order valence-electron chi connectivity index (χ2n) is 3.46. The number of carboxylic acid groups (broad SMARTS) is 1. The molecule has 0 saturated carbocycles. The van der Waals surface area contributed by atoms with Gasteiger partial charge in [-0.05, 0) is 11.6 Å². The maximum absolute atomic E-state index is 11.3. The lowest BCUT2D eigenvalue weighted by Gasteiger charge is -2.05. The van der Waals surface area contributed by atoms with Crippen molar-refractivity contribution in [2.24, 2.45) is 0 Å². The fraction of sp³-hybridized carbons (Fsp3) is 0. The molecule has 0 amide bonds. The highest BCUT2D eigenvalue weighted by atomic mass is 16.5. The Morgan fingerprint density at radius 2 is 1.76 bits per heavy atom. The van der Waals surface area contributed by atoms with Gasteiger partial charge < -0.3 is 10.3 Å². The molecule has 86 valence electrons. The van der Waals surface area contributed by atoms with Crippen LogP contribution in [0.4, 0.5) is 0 Å². The fourth-order valence-electron chi connectivity index (χ4n) is 1.51. The van der Waals surface area contributed by atoms with Gasteiger partial charge in [0.2, 0.25) is 0 Å². The van der Waals surface area contributed by atoms with Gasteiger partial charge in [-0.2, -0.15) is 4.73 Å². The van der Waals surface area contributed by atoms with Crippen LogP contribution >= 0.6 is 0 Å². The number of aromatic carboxylic acids is 1. The summed E-state index contributed by atoms with van der Waals surface area (Å²) in [4.78, 5) is 22.2. The molecule has 0 aliphatic rings. The molecule has 0 aliphatic heterocycles. The average molecular weight is 231 g/mol. The Hall–Kier alpha value is -2.56. The molecule has 1 aromatic heterocycles. The number of benzene rings is 1. The molecule has 17 heavy (non-hydrogen) atoms. The molecule has 0 spiro atoms. The van der Waals surface area contributed by atoms with Crippen LogP contribution in [0.1, 0.15) is 10.4 Å². The van der Waals surface area contributed by atoms with Gasteiger partial charge in [-0.1, -0.05) is 30.3 Å². The summed E-state index contributed by atoms with van der Waals surface area (Å²) < 4.78 is 0.284. The summed E-state index contributed by atoms with van der Waals surface area (Å²) in [5.74, 6) is -1.37. The number of rotatable bonds is 2. The van der Waals surface area contributed by atoms with E-state index < -0.39 is 17.1 Å². The molecule has 2 rings (SSSR count). The maximum Gasteiger partial charge on any atom is 0.341 e. The largest absolute Gasteiger partial charge is 0.477 e. The van der Waals surface area contributed by atoms with Crippen molar-refractivity contribution < 1.29 is 15.1 Å². The first-order valence-electron chi connectivity index (χ1n) is 4.84. The van der Waals surface area contributed by atoms with Gasteiger partial charge in [0.15, 0.2) is 0 Å². The minimum atomic E-state index is -1.37. The van der Waals surface area contributed by atoms with Crippen molar-refractivity contribution in [2.75, 3.05) is 0 Å².